The van der Waals surface area contributed by atoms with E-state index in [1.54, 1.807) is 17.2 Å². The van der Waals surface area contributed by atoms with Gasteiger partial charge in [0.1, 0.15) is 12.6 Å². The van der Waals surface area contributed by atoms with E-state index in [0.29, 0.717) is 19.7 Å². The zero-order valence-corrected chi connectivity index (χ0v) is 14.2. The summed E-state index contributed by atoms with van der Waals surface area (Å²) >= 11 is 0. The fourth-order valence-electron chi connectivity index (χ4n) is 2.87. The Morgan fingerprint density at radius 3 is 2.83 bits per heavy atom. The molecule has 1 saturated heterocycles. The molecule has 24 heavy (non-hydrogen) atoms. The van der Waals surface area contributed by atoms with Gasteiger partial charge in [-0.05, 0) is 25.0 Å². The number of amides is 1. The molecule has 2 heterocycles. The number of carbonyl (C=O) groups is 1. The predicted molar refractivity (Wildman–Crippen MR) is 88.6 cm³/mol. The maximum Gasteiger partial charge on any atom is 0.251 e. The first-order chi connectivity index (χ1) is 11.4. The van der Waals surface area contributed by atoms with Crippen LogP contribution in [0, 0.1) is 12.8 Å². The number of ether oxygens (including phenoxy) is 1. The van der Waals surface area contributed by atoms with Crippen molar-refractivity contribution in [3.05, 3.63) is 34.2 Å². The van der Waals surface area contributed by atoms with Crippen LogP contribution in [0.1, 0.15) is 18.9 Å². The molecule has 0 aromatic carbocycles. The molecular formula is C17H26N2O5. The number of aryl methyl sites for hydroxylation is 1. The minimum atomic E-state index is -0.929. The van der Waals surface area contributed by atoms with Gasteiger partial charge in [-0.1, -0.05) is 6.92 Å². The van der Waals surface area contributed by atoms with Crippen molar-refractivity contribution in [2.75, 3.05) is 26.3 Å². The van der Waals surface area contributed by atoms with Gasteiger partial charge in [-0.15, -0.1) is 0 Å². The predicted octanol–water partition coefficient (Wildman–Crippen LogP) is -0.236. The average Bonchev–Trinajstić information content (AvgIpc) is 2.53. The highest BCUT2D eigenvalue weighted by Gasteiger charge is 2.33. The molecule has 0 saturated carbocycles. The van der Waals surface area contributed by atoms with Crippen LogP contribution in [0.5, 0.6) is 0 Å². The SMILES string of the molecule is CCCN(C[C@@H]1COC[C@@H](O)[C@H]1O)C(=O)Cn1ccc(C)cc1=O. The van der Waals surface area contributed by atoms with Crippen molar-refractivity contribution in [1.82, 2.24) is 9.47 Å². The normalized spacial score (nSPS) is 23.9. The molecule has 2 rings (SSSR count). The molecule has 0 bridgehead atoms. The van der Waals surface area contributed by atoms with Crippen LogP contribution in [-0.4, -0.2) is 64.1 Å². The molecule has 1 aliphatic rings. The molecule has 0 aliphatic carbocycles. The molecule has 2 N–H and O–H groups in total. The Bertz CT molecular complexity index is 615. The lowest BCUT2D eigenvalue weighted by atomic mass is 9.96. The molecule has 1 amide bonds. The summed E-state index contributed by atoms with van der Waals surface area (Å²) in [6.45, 7) is 4.98. The van der Waals surface area contributed by atoms with E-state index in [0.717, 1.165) is 12.0 Å². The fourth-order valence-corrected chi connectivity index (χ4v) is 2.87. The van der Waals surface area contributed by atoms with Crippen molar-refractivity contribution in [2.24, 2.45) is 5.92 Å². The number of aromatic nitrogens is 1. The van der Waals surface area contributed by atoms with Crippen LogP contribution in [0.15, 0.2) is 23.1 Å². The molecular weight excluding hydrogens is 312 g/mol. The third kappa shape index (κ3) is 4.66. The van der Waals surface area contributed by atoms with Crippen LogP contribution >= 0.6 is 0 Å². The highest BCUT2D eigenvalue weighted by Crippen LogP contribution is 2.17. The quantitative estimate of drug-likeness (QED) is 0.747. The smallest absolute Gasteiger partial charge is 0.251 e. The Hall–Kier alpha value is -1.70. The van der Waals surface area contributed by atoms with Crippen LogP contribution < -0.4 is 5.56 Å². The van der Waals surface area contributed by atoms with Gasteiger partial charge in [0, 0.05) is 31.3 Å². The molecule has 1 fully saturated rings. The molecule has 0 radical (unpaired) electrons. The van der Waals surface area contributed by atoms with Crippen LogP contribution in [0.3, 0.4) is 0 Å². The number of rotatable bonds is 6. The van der Waals surface area contributed by atoms with Gasteiger partial charge >= 0.3 is 0 Å². The summed E-state index contributed by atoms with van der Waals surface area (Å²) in [5.74, 6) is -0.519. The summed E-state index contributed by atoms with van der Waals surface area (Å²) in [5, 5.41) is 19.8. The maximum atomic E-state index is 12.6. The van der Waals surface area contributed by atoms with Gasteiger partial charge in [0.25, 0.3) is 5.56 Å². The number of nitrogens with zero attached hydrogens (tertiary/aromatic N) is 2. The van der Waals surface area contributed by atoms with E-state index in [9.17, 15) is 19.8 Å². The molecule has 0 spiro atoms. The fraction of sp³-hybridized carbons (Fsp3) is 0.647. The van der Waals surface area contributed by atoms with Crippen molar-refractivity contribution in [3.63, 3.8) is 0 Å². The lowest BCUT2D eigenvalue weighted by Gasteiger charge is -2.35. The second-order valence-electron chi connectivity index (χ2n) is 6.37. The topological polar surface area (TPSA) is 92.0 Å². The Morgan fingerprint density at radius 1 is 1.42 bits per heavy atom. The summed E-state index contributed by atoms with van der Waals surface area (Å²) in [4.78, 5) is 26.1. The molecule has 1 aromatic heterocycles. The van der Waals surface area contributed by atoms with Crippen LogP contribution in [0.25, 0.3) is 0 Å². The van der Waals surface area contributed by atoms with Crippen molar-refractivity contribution in [3.8, 4) is 0 Å². The molecule has 3 atom stereocenters. The lowest BCUT2D eigenvalue weighted by Crippen LogP contribution is -2.50. The first-order valence-corrected chi connectivity index (χ1v) is 8.31. The number of aliphatic hydroxyl groups is 2. The number of aliphatic hydroxyl groups excluding tert-OH is 2. The molecule has 134 valence electrons. The van der Waals surface area contributed by atoms with Gasteiger partial charge in [-0.3, -0.25) is 9.59 Å². The monoisotopic (exact) mass is 338 g/mol. The van der Waals surface area contributed by atoms with Gasteiger partial charge in [0.15, 0.2) is 0 Å². The van der Waals surface area contributed by atoms with Gasteiger partial charge in [-0.25, -0.2) is 0 Å². The molecule has 0 unspecified atom stereocenters. The minimum absolute atomic E-state index is 0.0364. The number of hydrogen-bond donors (Lipinski definition) is 2. The second-order valence-corrected chi connectivity index (χ2v) is 6.37. The maximum absolute atomic E-state index is 12.6. The van der Waals surface area contributed by atoms with Crippen molar-refractivity contribution in [1.29, 1.82) is 0 Å². The summed E-state index contributed by atoms with van der Waals surface area (Å²) in [6, 6.07) is 3.28. The Morgan fingerprint density at radius 2 is 2.17 bits per heavy atom. The third-order valence-electron chi connectivity index (χ3n) is 4.26. The number of pyridine rings is 1. The number of carbonyl (C=O) groups excluding carboxylic acids is 1. The van der Waals surface area contributed by atoms with E-state index >= 15 is 0 Å². The van der Waals surface area contributed by atoms with E-state index in [1.165, 1.54) is 10.6 Å². The van der Waals surface area contributed by atoms with E-state index < -0.39 is 12.2 Å². The first kappa shape index (κ1) is 18.6. The average molecular weight is 338 g/mol. The molecule has 7 heteroatoms. The van der Waals surface area contributed by atoms with E-state index in [4.69, 9.17) is 4.74 Å². The Balaban J connectivity index is 2.05. The van der Waals surface area contributed by atoms with Crippen LogP contribution in [-0.2, 0) is 16.1 Å². The molecule has 7 nitrogen and oxygen atoms in total. The summed E-state index contributed by atoms with van der Waals surface area (Å²) in [5.41, 5.74) is 0.641. The highest BCUT2D eigenvalue weighted by atomic mass is 16.5. The van der Waals surface area contributed by atoms with Gasteiger partial charge in [0.05, 0.1) is 19.3 Å². The summed E-state index contributed by atoms with van der Waals surface area (Å²) in [7, 11) is 0. The largest absolute Gasteiger partial charge is 0.390 e. The van der Waals surface area contributed by atoms with Gasteiger partial charge in [-0.2, -0.15) is 0 Å². The van der Waals surface area contributed by atoms with Crippen LogP contribution in [0.2, 0.25) is 0 Å². The van der Waals surface area contributed by atoms with Crippen LogP contribution in [0.4, 0.5) is 0 Å². The van der Waals surface area contributed by atoms with E-state index in [-0.39, 0.29) is 30.5 Å². The molecule has 1 aromatic rings. The van der Waals surface area contributed by atoms with Crippen molar-refractivity contribution < 1.29 is 19.7 Å². The second kappa shape index (κ2) is 8.41. The third-order valence-corrected chi connectivity index (χ3v) is 4.26. The molecule has 1 aliphatic heterocycles. The van der Waals surface area contributed by atoms with E-state index in [1.807, 2.05) is 13.8 Å². The van der Waals surface area contributed by atoms with Gasteiger partial charge in [0.2, 0.25) is 5.91 Å². The van der Waals surface area contributed by atoms with Gasteiger partial charge < -0.3 is 24.4 Å². The Kier molecular flexibility index (Phi) is 6.53. The first-order valence-electron chi connectivity index (χ1n) is 8.31. The zero-order valence-electron chi connectivity index (χ0n) is 14.2. The summed E-state index contributed by atoms with van der Waals surface area (Å²) in [6.07, 6.45) is 0.540. The zero-order chi connectivity index (χ0) is 17.7. The van der Waals surface area contributed by atoms with E-state index in [2.05, 4.69) is 0 Å². The number of hydrogen-bond acceptors (Lipinski definition) is 5. The minimum Gasteiger partial charge on any atom is -0.390 e. The van der Waals surface area contributed by atoms with Crippen molar-refractivity contribution in [2.45, 2.75) is 39.0 Å². The highest BCUT2D eigenvalue weighted by molar-refractivity contribution is 5.76. The lowest BCUT2D eigenvalue weighted by molar-refractivity contribution is -0.142. The Labute approximate surface area is 141 Å². The summed E-state index contributed by atoms with van der Waals surface area (Å²) < 4.78 is 6.65. The standard InChI is InChI=1S/C17H26N2O5/c1-3-5-18(8-13-10-24-11-14(20)17(13)23)16(22)9-19-6-4-12(2)7-15(19)21/h4,6-7,13-14,17,20,23H,3,5,8-11H2,1-2H3/t13-,14-,17+/m1/s1. The van der Waals surface area contributed by atoms with Crippen molar-refractivity contribution >= 4 is 5.91 Å².